The summed E-state index contributed by atoms with van der Waals surface area (Å²) in [4.78, 5) is 31.4. The van der Waals surface area contributed by atoms with E-state index < -0.39 is 44.1 Å². The Balaban J connectivity index is 0.00000256. The van der Waals surface area contributed by atoms with Gasteiger partial charge >= 0.3 is 43.7 Å². The molecule has 17 heavy (non-hydrogen) atoms. The molecule has 1 rings (SSSR count). The van der Waals surface area contributed by atoms with Crippen LogP contribution in [0.25, 0.3) is 0 Å². The molecule has 0 radical (unpaired) electrons. The average molecular weight is 294 g/mol. The van der Waals surface area contributed by atoms with Crippen molar-refractivity contribution in [1.82, 2.24) is 0 Å². The summed E-state index contributed by atoms with van der Waals surface area (Å²) in [6, 6.07) is 0. The van der Waals surface area contributed by atoms with Crippen LogP contribution >= 0.6 is 7.82 Å². The summed E-state index contributed by atoms with van der Waals surface area (Å²) in [5.74, 6) is -3.67. The van der Waals surface area contributed by atoms with Gasteiger partial charge < -0.3 is 38.9 Å². The molecule has 0 spiro atoms. The molecule has 2 atom stereocenters. The van der Waals surface area contributed by atoms with Gasteiger partial charge in [-0.1, -0.05) is 0 Å². The van der Waals surface area contributed by atoms with Gasteiger partial charge in [-0.3, -0.25) is 0 Å². The van der Waals surface area contributed by atoms with Gasteiger partial charge in [-0.05, 0) is 0 Å². The first-order chi connectivity index (χ1) is 7.26. The molecular weight excluding hydrogens is 287 g/mol. The van der Waals surface area contributed by atoms with Crippen molar-refractivity contribution in [3.63, 3.8) is 0 Å². The molecule has 0 fully saturated rings. The Morgan fingerprint density at radius 3 is 2.47 bits per heavy atom. The van der Waals surface area contributed by atoms with Crippen LogP contribution in [0.5, 0.6) is 0 Å². The Morgan fingerprint density at radius 2 is 2.06 bits per heavy atom. The molecule has 0 saturated carbocycles. The first-order valence-electron chi connectivity index (χ1n) is 3.91. The minimum Gasteiger partial charge on any atom is -0.780 e. The van der Waals surface area contributed by atoms with Crippen molar-refractivity contribution >= 4 is 51.5 Å². The average Bonchev–Trinajstić information content (AvgIpc) is 2.42. The molecule has 1 heterocycles. The van der Waals surface area contributed by atoms with Crippen molar-refractivity contribution in [2.24, 2.45) is 0 Å². The Bertz CT molecular complexity index is 374. The molecule has 0 unspecified atom stereocenters. The molecule has 0 aromatic carbocycles. The van der Waals surface area contributed by atoms with Crippen molar-refractivity contribution in [2.45, 2.75) is 12.2 Å². The first kappa shape index (κ1) is 17.1. The molecule has 0 saturated heterocycles. The fourth-order valence-corrected chi connectivity index (χ4v) is 1.40. The SMILES string of the molecule is O=C1O[C@H]([C@@H](O)CO)C(O)=C1OP(=O)([O-])[O-].[Ca+2]. The van der Waals surface area contributed by atoms with Gasteiger partial charge in [0.2, 0.25) is 0 Å². The molecule has 0 bridgehead atoms. The molecule has 0 aromatic heterocycles. The summed E-state index contributed by atoms with van der Waals surface area (Å²) in [6.45, 7) is -0.846. The number of aliphatic hydroxyl groups is 3. The second-order valence-electron chi connectivity index (χ2n) is 2.83. The fourth-order valence-electron chi connectivity index (χ4n) is 1.01. The van der Waals surface area contributed by atoms with E-state index >= 15 is 0 Å². The third-order valence-corrected chi connectivity index (χ3v) is 2.07. The van der Waals surface area contributed by atoms with Gasteiger partial charge in [0.05, 0.1) is 6.61 Å². The van der Waals surface area contributed by atoms with E-state index in [1.165, 1.54) is 0 Å². The molecule has 1 aliphatic rings. The van der Waals surface area contributed by atoms with Crippen LogP contribution in [0.4, 0.5) is 0 Å². The van der Waals surface area contributed by atoms with Gasteiger partial charge in [-0.15, -0.1) is 0 Å². The number of carbonyl (C=O) groups excluding carboxylic acids is 1. The van der Waals surface area contributed by atoms with Crippen molar-refractivity contribution in [3.05, 3.63) is 11.5 Å². The van der Waals surface area contributed by atoms with E-state index in [-0.39, 0.29) is 37.7 Å². The van der Waals surface area contributed by atoms with Gasteiger partial charge in [0, 0.05) is 0 Å². The van der Waals surface area contributed by atoms with E-state index in [0.717, 1.165) is 0 Å². The number of carbonyl (C=O) groups is 1. The maximum atomic E-state index is 10.9. The smallest absolute Gasteiger partial charge is 0.780 e. The predicted molar refractivity (Wildman–Crippen MR) is 47.1 cm³/mol. The van der Waals surface area contributed by atoms with Crippen molar-refractivity contribution in [2.75, 3.05) is 6.61 Å². The number of cyclic esters (lactones) is 1. The second kappa shape index (κ2) is 6.35. The number of hydrogen-bond donors (Lipinski definition) is 3. The number of ether oxygens (including phenoxy) is 1. The molecule has 9 nitrogen and oxygen atoms in total. The summed E-state index contributed by atoms with van der Waals surface area (Å²) in [6.07, 6.45) is -3.30. The molecule has 0 aliphatic carbocycles. The van der Waals surface area contributed by atoms with Crippen molar-refractivity contribution in [3.8, 4) is 0 Å². The van der Waals surface area contributed by atoms with Gasteiger partial charge in [0.1, 0.15) is 13.9 Å². The topological polar surface area (TPSA) is 159 Å². The molecule has 0 amide bonds. The first-order valence-corrected chi connectivity index (χ1v) is 5.37. The van der Waals surface area contributed by atoms with E-state index in [2.05, 4.69) is 9.26 Å². The summed E-state index contributed by atoms with van der Waals surface area (Å²) in [7, 11) is -5.52. The summed E-state index contributed by atoms with van der Waals surface area (Å²) >= 11 is 0. The Kier molecular flexibility index (Phi) is 6.40. The minimum atomic E-state index is -5.52. The van der Waals surface area contributed by atoms with Crippen LogP contribution in [-0.2, 0) is 18.6 Å². The van der Waals surface area contributed by atoms with Crippen LogP contribution in [0.1, 0.15) is 0 Å². The molecule has 1 aliphatic heterocycles. The van der Waals surface area contributed by atoms with E-state index in [4.69, 9.17) is 10.2 Å². The molecule has 11 heteroatoms. The van der Waals surface area contributed by atoms with Crippen LogP contribution in [0.2, 0.25) is 0 Å². The monoisotopic (exact) mass is 294 g/mol. The van der Waals surface area contributed by atoms with Gasteiger partial charge in [-0.2, -0.15) is 0 Å². The zero-order chi connectivity index (χ0) is 12.5. The molecule has 92 valence electrons. The normalized spacial score (nSPS) is 21.9. The van der Waals surface area contributed by atoms with Crippen LogP contribution in [0, 0.1) is 0 Å². The van der Waals surface area contributed by atoms with Gasteiger partial charge in [-0.25, -0.2) is 4.79 Å². The second-order valence-corrected chi connectivity index (χ2v) is 3.91. The Labute approximate surface area is 125 Å². The maximum Gasteiger partial charge on any atom is 2.00 e. The number of phosphoric ester groups is 1. The Hall–Kier alpha value is 0.140. The third-order valence-electron chi connectivity index (χ3n) is 1.66. The molecular formula is C6H7CaO9P. The Morgan fingerprint density at radius 1 is 1.53 bits per heavy atom. The quantitative estimate of drug-likeness (QED) is 0.271. The molecule has 0 aromatic rings. The zero-order valence-electron chi connectivity index (χ0n) is 8.31. The van der Waals surface area contributed by atoms with Crippen molar-refractivity contribution in [1.29, 1.82) is 0 Å². The minimum absolute atomic E-state index is 0. The van der Waals surface area contributed by atoms with Crippen LogP contribution < -0.4 is 9.79 Å². The fraction of sp³-hybridized carbons (Fsp3) is 0.500. The number of esters is 1. The van der Waals surface area contributed by atoms with Gasteiger partial charge in [0.15, 0.2) is 11.9 Å². The third kappa shape index (κ3) is 4.38. The summed E-state index contributed by atoms with van der Waals surface area (Å²) in [5, 5.41) is 26.8. The van der Waals surface area contributed by atoms with E-state index in [1.807, 2.05) is 0 Å². The summed E-state index contributed by atoms with van der Waals surface area (Å²) in [5.41, 5.74) is 0. The van der Waals surface area contributed by atoms with Crippen LogP contribution in [0.15, 0.2) is 11.5 Å². The standard InChI is InChI=1S/C6H9O9P.Ca/c7-1-2(8)4-3(9)5(6(10)14-4)15-16(11,12)13;/h2,4,7-9H,1H2,(H2,11,12,13);/q;+2/p-2/t2-,4+;/m0./s1. The van der Waals surface area contributed by atoms with E-state index in [0.29, 0.717) is 0 Å². The number of hydrogen-bond acceptors (Lipinski definition) is 9. The van der Waals surface area contributed by atoms with Crippen molar-refractivity contribution < 1.29 is 43.7 Å². The van der Waals surface area contributed by atoms with Crippen LogP contribution in [0.3, 0.4) is 0 Å². The largest absolute Gasteiger partial charge is 2.00 e. The molecule has 3 N–H and O–H groups in total. The van der Waals surface area contributed by atoms with E-state index in [1.54, 1.807) is 0 Å². The van der Waals surface area contributed by atoms with E-state index in [9.17, 15) is 24.3 Å². The number of aliphatic hydroxyl groups excluding tert-OH is 3. The number of rotatable bonds is 4. The van der Waals surface area contributed by atoms with Crippen LogP contribution in [-0.4, -0.2) is 77.8 Å². The summed E-state index contributed by atoms with van der Waals surface area (Å²) < 4.78 is 18.2. The zero-order valence-corrected chi connectivity index (χ0v) is 11.4. The number of phosphoric acid groups is 1. The predicted octanol–water partition coefficient (Wildman–Crippen LogP) is -3.50. The maximum absolute atomic E-state index is 10.9. The van der Waals surface area contributed by atoms with Gasteiger partial charge in [0.25, 0.3) is 5.76 Å².